The van der Waals surface area contributed by atoms with Crippen LogP contribution in [0.3, 0.4) is 0 Å². The van der Waals surface area contributed by atoms with Crippen LogP contribution in [0, 0.1) is 0 Å². The van der Waals surface area contributed by atoms with Crippen LogP contribution in [0.15, 0.2) is 12.2 Å². The van der Waals surface area contributed by atoms with Crippen LogP contribution in [0.2, 0.25) is 0 Å². The van der Waals surface area contributed by atoms with E-state index in [-0.39, 0.29) is 12.4 Å². The standard InChI is InChI=1S/C8H13NS.ClH/c1-2-8(9-5-1)3-6-10-7-4-8;/h1-2,9H,3-7H2;1H. The first kappa shape index (κ1) is 9.43. The molecule has 3 heteroatoms. The molecule has 2 aliphatic rings. The molecule has 1 saturated heterocycles. The molecule has 64 valence electrons. The molecule has 0 bridgehead atoms. The van der Waals surface area contributed by atoms with Gasteiger partial charge >= 0.3 is 0 Å². The second kappa shape index (κ2) is 3.83. The second-order valence-corrected chi connectivity index (χ2v) is 4.28. The maximum Gasteiger partial charge on any atom is 0.0383 e. The summed E-state index contributed by atoms with van der Waals surface area (Å²) in [6.45, 7) is 1.09. The predicted octanol–water partition coefficient (Wildman–Crippen LogP) is 1.83. The molecule has 0 radical (unpaired) electrons. The van der Waals surface area contributed by atoms with Gasteiger partial charge in [0.1, 0.15) is 0 Å². The lowest BCUT2D eigenvalue weighted by Crippen LogP contribution is -2.42. The lowest BCUT2D eigenvalue weighted by molar-refractivity contribution is 0.413. The number of halogens is 1. The van der Waals surface area contributed by atoms with Gasteiger partial charge in [-0.15, -0.1) is 12.4 Å². The van der Waals surface area contributed by atoms with Gasteiger partial charge in [0.05, 0.1) is 0 Å². The molecule has 0 aromatic rings. The first-order valence-corrected chi connectivity index (χ1v) is 5.07. The fourth-order valence-electron chi connectivity index (χ4n) is 1.68. The number of rotatable bonds is 0. The maximum absolute atomic E-state index is 3.55. The topological polar surface area (TPSA) is 12.0 Å². The average Bonchev–Trinajstić information content (AvgIpc) is 2.39. The van der Waals surface area contributed by atoms with Crippen molar-refractivity contribution in [1.82, 2.24) is 5.32 Å². The van der Waals surface area contributed by atoms with E-state index in [1.807, 2.05) is 0 Å². The van der Waals surface area contributed by atoms with Crippen molar-refractivity contribution in [2.45, 2.75) is 18.4 Å². The Hall–Kier alpha value is 0.340. The smallest absolute Gasteiger partial charge is 0.0383 e. The minimum Gasteiger partial charge on any atom is -0.304 e. The van der Waals surface area contributed by atoms with E-state index in [9.17, 15) is 0 Å². The minimum atomic E-state index is 0. The number of hydrogen-bond acceptors (Lipinski definition) is 2. The number of nitrogens with one attached hydrogen (secondary N) is 1. The van der Waals surface area contributed by atoms with Gasteiger partial charge in [-0.05, 0) is 24.3 Å². The van der Waals surface area contributed by atoms with Gasteiger partial charge in [-0.25, -0.2) is 0 Å². The highest BCUT2D eigenvalue weighted by Crippen LogP contribution is 2.29. The van der Waals surface area contributed by atoms with E-state index in [0.717, 1.165) is 6.54 Å². The quantitative estimate of drug-likeness (QED) is 0.587. The lowest BCUT2D eigenvalue weighted by Gasteiger charge is -2.31. The van der Waals surface area contributed by atoms with Crippen molar-refractivity contribution in [3.8, 4) is 0 Å². The summed E-state index contributed by atoms with van der Waals surface area (Å²) in [4.78, 5) is 0. The second-order valence-electron chi connectivity index (χ2n) is 3.05. The van der Waals surface area contributed by atoms with E-state index in [1.54, 1.807) is 0 Å². The number of thioether (sulfide) groups is 1. The Bertz CT molecular complexity index is 152. The molecule has 1 nitrogen and oxygen atoms in total. The third-order valence-corrected chi connectivity index (χ3v) is 3.38. The Morgan fingerprint density at radius 2 is 2.00 bits per heavy atom. The van der Waals surface area contributed by atoms with E-state index >= 15 is 0 Å². The van der Waals surface area contributed by atoms with Crippen molar-refractivity contribution < 1.29 is 0 Å². The van der Waals surface area contributed by atoms with Crippen molar-refractivity contribution in [1.29, 1.82) is 0 Å². The molecule has 2 rings (SSSR count). The monoisotopic (exact) mass is 191 g/mol. The van der Waals surface area contributed by atoms with Gasteiger partial charge in [-0.3, -0.25) is 0 Å². The van der Waals surface area contributed by atoms with Gasteiger partial charge in [0.15, 0.2) is 0 Å². The van der Waals surface area contributed by atoms with Gasteiger partial charge in [-0.1, -0.05) is 12.2 Å². The zero-order valence-corrected chi connectivity index (χ0v) is 8.14. The molecule has 1 spiro atoms. The first-order chi connectivity index (χ1) is 4.91. The van der Waals surface area contributed by atoms with Crippen LogP contribution >= 0.6 is 24.2 Å². The van der Waals surface area contributed by atoms with Crippen molar-refractivity contribution in [2.75, 3.05) is 18.1 Å². The first-order valence-electron chi connectivity index (χ1n) is 3.92. The van der Waals surface area contributed by atoms with E-state index in [4.69, 9.17) is 0 Å². The van der Waals surface area contributed by atoms with Crippen LogP contribution in [-0.2, 0) is 0 Å². The van der Waals surface area contributed by atoms with Crippen molar-refractivity contribution >= 4 is 24.2 Å². The third kappa shape index (κ3) is 1.92. The molecule has 0 aromatic carbocycles. The van der Waals surface area contributed by atoms with Gasteiger partial charge < -0.3 is 5.32 Å². The summed E-state index contributed by atoms with van der Waals surface area (Å²) in [6, 6.07) is 0. The van der Waals surface area contributed by atoms with Gasteiger partial charge in [0.25, 0.3) is 0 Å². The van der Waals surface area contributed by atoms with Gasteiger partial charge in [-0.2, -0.15) is 11.8 Å². The molecule has 0 saturated carbocycles. The maximum atomic E-state index is 3.55. The molecule has 1 N–H and O–H groups in total. The molecular formula is C8H14ClNS. The Kier molecular flexibility index (Phi) is 3.29. The van der Waals surface area contributed by atoms with E-state index in [1.165, 1.54) is 24.3 Å². The molecule has 0 aromatic heterocycles. The van der Waals surface area contributed by atoms with Crippen LogP contribution < -0.4 is 5.32 Å². The molecule has 0 amide bonds. The highest BCUT2D eigenvalue weighted by atomic mass is 35.5. The van der Waals surface area contributed by atoms with Crippen LogP contribution in [0.5, 0.6) is 0 Å². The highest BCUT2D eigenvalue weighted by Gasteiger charge is 2.30. The normalized spacial score (nSPS) is 26.9. The molecule has 11 heavy (non-hydrogen) atoms. The Labute approximate surface area is 78.4 Å². The summed E-state index contributed by atoms with van der Waals surface area (Å²) in [5, 5.41) is 3.55. The molecule has 1 fully saturated rings. The molecule has 0 aliphatic carbocycles. The Balaban J connectivity index is 0.000000605. The summed E-state index contributed by atoms with van der Waals surface area (Å²) >= 11 is 2.08. The van der Waals surface area contributed by atoms with Crippen LogP contribution in [0.4, 0.5) is 0 Å². The van der Waals surface area contributed by atoms with Crippen molar-refractivity contribution in [3.63, 3.8) is 0 Å². The Morgan fingerprint density at radius 1 is 1.27 bits per heavy atom. The van der Waals surface area contributed by atoms with Crippen molar-refractivity contribution in [3.05, 3.63) is 12.2 Å². The summed E-state index contributed by atoms with van der Waals surface area (Å²) in [7, 11) is 0. The van der Waals surface area contributed by atoms with Crippen LogP contribution in [0.25, 0.3) is 0 Å². The minimum absolute atomic E-state index is 0. The Morgan fingerprint density at radius 3 is 2.55 bits per heavy atom. The highest BCUT2D eigenvalue weighted by molar-refractivity contribution is 7.99. The summed E-state index contributed by atoms with van der Waals surface area (Å²) < 4.78 is 0. The van der Waals surface area contributed by atoms with Gasteiger partial charge in [0.2, 0.25) is 0 Å². The summed E-state index contributed by atoms with van der Waals surface area (Å²) in [5.74, 6) is 2.66. The van der Waals surface area contributed by atoms with E-state index in [2.05, 4.69) is 29.2 Å². The fraction of sp³-hybridized carbons (Fsp3) is 0.750. The van der Waals surface area contributed by atoms with E-state index in [0.29, 0.717) is 5.54 Å². The lowest BCUT2D eigenvalue weighted by atomic mass is 9.94. The molecule has 0 atom stereocenters. The molecule has 2 aliphatic heterocycles. The third-order valence-electron chi connectivity index (χ3n) is 2.39. The zero-order valence-electron chi connectivity index (χ0n) is 6.51. The SMILES string of the molecule is C1=CC2(CCSCC2)NC1.Cl. The van der Waals surface area contributed by atoms with E-state index < -0.39 is 0 Å². The average molecular weight is 192 g/mol. The largest absolute Gasteiger partial charge is 0.304 e. The molecule has 0 unspecified atom stereocenters. The fourth-order valence-corrected chi connectivity index (χ4v) is 2.91. The van der Waals surface area contributed by atoms with Crippen LogP contribution in [-0.4, -0.2) is 23.6 Å². The zero-order chi connectivity index (χ0) is 6.86. The molecular weight excluding hydrogens is 178 g/mol. The molecule has 2 heterocycles. The van der Waals surface area contributed by atoms with Crippen LogP contribution in [0.1, 0.15) is 12.8 Å². The number of hydrogen-bond donors (Lipinski definition) is 1. The summed E-state index contributed by atoms with van der Waals surface area (Å²) in [5.41, 5.74) is 0.422. The summed E-state index contributed by atoms with van der Waals surface area (Å²) in [6.07, 6.45) is 7.28. The van der Waals surface area contributed by atoms with Gasteiger partial charge in [0, 0.05) is 12.1 Å². The predicted molar refractivity (Wildman–Crippen MR) is 53.7 cm³/mol. The van der Waals surface area contributed by atoms with Crippen molar-refractivity contribution in [2.24, 2.45) is 0 Å².